The summed E-state index contributed by atoms with van der Waals surface area (Å²) in [5.41, 5.74) is 7.04. The molecule has 19 heavy (non-hydrogen) atoms. The first-order chi connectivity index (χ1) is 9.15. The highest BCUT2D eigenvalue weighted by atomic mass is 79.9. The van der Waals surface area contributed by atoms with Crippen LogP contribution in [0, 0.1) is 5.92 Å². The first-order valence-corrected chi connectivity index (χ1v) is 7.51. The minimum atomic E-state index is -0.0297. The predicted molar refractivity (Wildman–Crippen MR) is 79.0 cm³/mol. The number of nitrogens with two attached hydrogens (primary N) is 1. The molecule has 0 aromatic heterocycles. The minimum Gasteiger partial charge on any atom is -0.398 e. The van der Waals surface area contributed by atoms with E-state index in [0.29, 0.717) is 21.6 Å². The zero-order valence-corrected chi connectivity index (χ0v) is 12.3. The Labute approximate surface area is 121 Å². The van der Waals surface area contributed by atoms with Gasteiger partial charge in [-0.2, -0.15) is 0 Å². The van der Waals surface area contributed by atoms with Gasteiger partial charge in [0.1, 0.15) is 0 Å². The minimum absolute atomic E-state index is 0.0297. The second-order valence-corrected chi connectivity index (χ2v) is 6.22. The molecule has 5 heteroatoms. The summed E-state index contributed by atoms with van der Waals surface area (Å²) >= 11 is 3.39. The number of amides is 1. The maximum atomic E-state index is 12.3. The van der Waals surface area contributed by atoms with E-state index in [1.54, 1.807) is 12.1 Å². The number of nitrogens with zero attached hydrogens (tertiary/aromatic N) is 1. The van der Waals surface area contributed by atoms with Crippen LogP contribution in [0.4, 0.5) is 5.69 Å². The van der Waals surface area contributed by atoms with Gasteiger partial charge in [0.25, 0.3) is 5.91 Å². The standard InChI is InChI=1S/C14H18BrN3O/c15-13-10(2-1-3-11(13)16)14(19)17-12-8-18-6-4-9(12)5-7-18/h1-3,9,12H,4-8,16H2,(H,17,19). The summed E-state index contributed by atoms with van der Waals surface area (Å²) in [5, 5.41) is 3.17. The van der Waals surface area contributed by atoms with Crippen molar-refractivity contribution in [2.24, 2.45) is 5.92 Å². The Morgan fingerprint density at radius 2 is 2.11 bits per heavy atom. The first kappa shape index (κ1) is 12.9. The van der Waals surface area contributed by atoms with Crippen LogP contribution in [0.2, 0.25) is 0 Å². The van der Waals surface area contributed by atoms with E-state index in [2.05, 4.69) is 26.1 Å². The lowest BCUT2D eigenvalue weighted by Crippen LogP contribution is -2.57. The Morgan fingerprint density at radius 3 is 2.74 bits per heavy atom. The Bertz CT molecular complexity index is 497. The lowest BCUT2D eigenvalue weighted by atomic mass is 9.84. The number of carbonyl (C=O) groups is 1. The van der Waals surface area contributed by atoms with Crippen molar-refractivity contribution < 1.29 is 4.79 Å². The Hall–Kier alpha value is -1.07. The molecule has 0 radical (unpaired) electrons. The van der Waals surface area contributed by atoms with Gasteiger partial charge in [-0.1, -0.05) is 6.07 Å². The molecule has 3 saturated heterocycles. The van der Waals surface area contributed by atoms with E-state index in [9.17, 15) is 4.79 Å². The molecule has 3 heterocycles. The monoisotopic (exact) mass is 323 g/mol. The number of nitrogen functional groups attached to an aromatic ring is 1. The lowest BCUT2D eigenvalue weighted by Gasteiger charge is -2.44. The van der Waals surface area contributed by atoms with E-state index in [-0.39, 0.29) is 11.9 Å². The normalized spacial score (nSPS) is 29.2. The number of benzene rings is 1. The Morgan fingerprint density at radius 1 is 1.37 bits per heavy atom. The Kier molecular flexibility index (Phi) is 3.50. The number of rotatable bonds is 2. The molecule has 3 fully saturated rings. The van der Waals surface area contributed by atoms with Gasteiger partial charge in [0, 0.05) is 18.3 Å². The zero-order chi connectivity index (χ0) is 13.4. The average Bonchev–Trinajstić information content (AvgIpc) is 2.43. The van der Waals surface area contributed by atoms with Crippen molar-refractivity contribution in [2.45, 2.75) is 18.9 Å². The van der Waals surface area contributed by atoms with Gasteiger partial charge in [0.05, 0.1) is 10.0 Å². The molecular weight excluding hydrogens is 306 g/mol. The van der Waals surface area contributed by atoms with E-state index in [1.165, 1.54) is 25.9 Å². The molecule has 3 aliphatic rings. The molecule has 1 atom stereocenters. The summed E-state index contributed by atoms with van der Waals surface area (Å²) in [7, 11) is 0. The van der Waals surface area contributed by atoms with Crippen LogP contribution in [0.5, 0.6) is 0 Å². The van der Waals surface area contributed by atoms with Gasteiger partial charge < -0.3 is 16.0 Å². The summed E-state index contributed by atoms with van der Waals surface area (Å²) in [5.74, 6) is 0.603. The second-order valence-electron chi connectivity index (χ2n) is 5.43. The van der Waals surface area contributed by atoms with Crippen LogP contribution in [0.1, 0.15) is 23.2 Å². The van der Waals surface area contributed by atoms with Crippen LogP contribution in [-0.4, -0.2) is 36.5 Å². The summed E-state index contributed by atoms with van der Waals surface area (Å²) in [6.07, 6.45) is 2.39. The quantitative estimate of drug-likeness (QED) is 0.817. The van der Waals surface area contributed by atoms with Crippen molar-refractivity contribution in [1.82, 2.24) is 10.2 Å². The van der Waals surface area contributed by atoms with Gasteiger partial charge >= 0.3 is 0 Å². The van der Waals surface area contributed by atoms with Crippen LogP contribution in [0.25, 0.3) is 0 Å². The molecule has 0 spiro atoms. The number of halogens is 1. The largest absolute Gasteiger partial charge is 0.398 e. The molecule has 4 nitrogen and oxygen atoms in total. The molecule has 1 unspecified atom stereocenters. The zero-order valence-electron chi connectivity index (χ0n) is 10.7. The number of hydrogen-bond donors (Lipinski definition) is 2. The predicted octanol–water partition coefficient (Wildman–Crippen LogP) is 1.86. The number of anilines is 1. The fourth-order valence-corrected chi connectivity index (χ4v) is 3.54. The van der Waals surface area contributed by atoms with E-state index < -0.39 is 0 Å². The molecule has 1 amide bonds. The third-order valence-corrected chi connectivity index (χ3v) is 5.13. The molecule has 0 aliphatic carbocycles. The number of carbonyl (C=O) groups excluding carboxylic acids is 1. The van der Waals surface area contributed by atoms with Crippen LogP contribution in [0.15, 0.2) is 22.7 Å². The summed E-state index contributed by atoms with van der Waals surface area (Å²) in [6.45, 7) is 3.34. The highest BCUT2D eigenvalue weighted by Crippen LogP contribution is 2.28. The van der Waals surface area contributed by atoms with E-state index in [4.69, 9.17) is 5.73 Å². The van der Waals surface area contributed by atoms with Gasteiger partial charge in [-0.05, 0) is 59.9 Å². The average molecular weight is 324 g/mol. The number of nitrogens with one attached hydrogen (secondary N) is 1. The third kappa shape index (κ3) is 2.49. The second kappa shape index (κ2) is 5.13. The maximum Gasteiger partial charge on any atom is 0.252 e. The topological polar surface area (TPSA) is 58.4 Å². The van der Waals surface area contributed by atoms with Crippen molar-refractivity contribution in [1.29, 1.82) is 0 Å². The van der Waals surface area contributed by atoms with Gasteiger partial charge in [-0.25, -0.2) is 0 Å². The fourth-order valence-electron chi connectivity index (χ4n) is 3.10. The highest BCUT2D eigenvalue weighted by molar-refractivity contribution is 9.10. The van der Waals surface area contributed by atoms with Crippen LogP contribution in [-0.2, 0) is 0 Å². The smallest absolute Gasteiger partial charge is 0.252 e. The molecular formula is C14H18BrN3O. The summed E-state index contributed by atoms with van der Waals surface area (Å²) in [4.78, 5) is 14.8. The van der Waals surface area contributed by atoms with E-state index in [1.807, 2.05) is 6.07 Å². The van der Waals surface area contributed by atoms with Gasteiger partial charge in [0.15, 0.2) is 0 Å². The summed E-state index contributed by atoms with van der Waals surface area (Å²) in [6, 6.07) is 5.68. The highest BCUT2D eigenvalue weighted by Gasteiger charge is 2.35. The fraction of sp³-hybridized carbons (Fsp3) is 0.500. The number of piperidine rings is 3. The van der Waals surface area contributed by atoms with E-state index in [0.717, 1.165) is 6.54 Å². The van der Waals surface area contributed by atoms with Crippen molar-refractivity contribution in [2.75, 3.05) is 25.4 Å². The molecule has 4 rings (SSSR count). The lowest BCUT2D eigenvalue weighted by molar-refractivity contribution is 0.0620. The molecule has 1 aromatic rings. The third-order valence-electron chi connectivity index (χ3n) is 4.25. The molecule has 2 bridgehead atoms. The van der Waals surface area contributed by atoms with Gasteiger partial charge in [0.2, 0.25) is 0 Å². The van der Waals surface area contributed by atoms with Crippen molar-refractivity contribution in [3.8, 4) is 0 Å². The molecule has 3 N–H and O–H groups in total. The van der Waals surface area contributed by atoms with Crippen molar-refractivity contribution >= 4 is 27.5 Å². The van der Waals surface area contributed by atoms with E-state index >= 15 is 0 Å². The van der Waals surface area contributed by atoms with Crippen LogP contribution >= 0.6 is 15.9 Å². The summed E-state index contributed by atoms with van der Waals surface area (Å²) < 4.78 is 0.689. The molecule has 102 valence electrons. The van der Waals surface area contributed by atoms with Gasteiger partial charge in [-0.15, -0.1) is 0 Å². The molecule has 0 saturated carbocycles. The van der Waals surface area contributed by atoms with Gasteiger partial charge in [-0.3, -0.25) is 4.79 Å². The number of fused-ring (bicyclic) bond motifs is 3. The van der Waals surface area contributed by atoms with Crippen molar-refractivity contribution in [3.63, 3.8) is 0 Å². The molecule has 1 aromatic carbocycles. The van der Waals surface area contributed by atoms with Crippen LogP contribution in [0.3, 0.4) is 0 Å². The molecule has 3 aliphatic heterocycles. The number of hydrogen-bond acceptors (Lipinski definition) is 3. The first-order valence-electron chi connectivity index (χ1n) is 6.72. The van der Waals surface area contributed by atoms with Crippen molar-refractivity contribution in [3.05, 3.63) is 28.2 Å². The van der Waals surface area contributed by atoms with Crippen LogP contribution < -0.4 is 11.1 Å². The maximum absolute atomic E-state index is 12.3. The SMILES string of the molecule is Nc1cccc(C(=O)NC2CN3CCC2CC3)c1Br. The Balaban J connectivity index is 1.73.